The molecule has 0 radical (unpaired) electrons. The number of benzene rings is 2. The monoisotopic (exact) mass is 448 g/mol. The number of hydrogen-bond donors (Lipinski definition) is 2. The molecule has 33 heavy (non-hydrogen) atoms. The van der Waals surface area contributed by atoms with Crippen LogP contribution >= 0.6 is 0 Å². The Morgan fingerprint density at radius 2 is 1.91 bits per heavy atom. The average Bonchev–Trinajstić information content (AvgIpc) is 2.83. The van der Waals surface area contributed by atoms with E-state index in [1.54, 1.807) is 19.3 Å². The van der Waals surface area contributed by atoms with E-state index in [-0.39, 0.29) is 24.6 Å². The van der Waals surface area contributed by atoms with E-state index < -0.39 is 17.2 Å². The van der Waals surface area contributed by atoms with Crippen molar-refractivity contribution in [2.24, 2.45) is 0 Å². The molecule has 8 nitrogen and oxygen atoms in total. The molecule has 172 valence electrons. The van der Waals surface area contributed by atoms with E-state index in [0.29, 0.717) is 12.2 Å². The molecular weight excluding hydrogens is 420 g/mol. The maximum Gasteiger partial charge on any atom is 0.330 e. The van der Waals surface area contributed by atoms with E-state index in [0.717, 1.165) is 17.5 Å². The molecule has 3 N–H and O–H groups in total. The maximum absolute atomic E-state index is 13.1. The number of ether oxygens (including phenoxy) is 1. The Kier molecular flexibility index (Phi) is 7.86. The highest BCUT2D eigenvalue weighted by Crippen LogP contribution is 2.20. The number of rotatable bonds is 9. The number of hydrogen-bond acceptors (Lipinski definition) is 5. The van der Waals surface area contributed by atoms with Crippen molar-refractivity contribution in [1.29, 1.82) is 0 Å². The summed E-state index contributed by atoms with van der Waals surface area (Å²) in [5, 5.41) is 0. The number of carbonyl (C=O) groups is 1. The van der Waals surface area contributed by atoms with Crippen LogP contribution in [0.3, 0.4) is 0 Å². The summed E-state index contributed by atoms with van der Waals surface area (Å²) in [4.78, 5) is 42.0. The predicted molar refractivity (Wildman–Crippen MR) is 131 cm³/mol. The molecule has 3 rings (SSSR count). The number of H-pyrrole nitrogens is 1. The highest BCUT2D eigenvalue weighted by molar-refractivity contribution is 6.05. The van der Waals surface area contributed by atoms with Crippen molar-refractivity contribution >= 4 is 23.5 Å². The molecule has 1 amide bonds. The largest absolute Gasteiger partial charge is 0.497 e. The molecule has 1 heterocycles. The maximum atomic E-state index is 13.1. The van der Waals surface area contributed by atoms with Crippen molar-refractivity contribution in [3.05, 3.63) is 92.6 Å². The lowest BCUT2D eigenvalue weighted by Crippen LogP contribution is -2.41. The smallest absolute Gasteiger partial charge is 0.330 e. The van der Waals surface area contributed by atoms with Crippen molar-refractivity contribution in [2.45, 2.75) is 26.3 Å². The van der Waals surface area contributed by atoms with Crippen LogP contribution in [0, 0.1) is 0 Å². The van der Waals surface area contributed by atoms with Crippen LogP contribution in [0.1, 0.15) is 30.9 Å². The Labute approximate surface area is 191 Å². The van der Waals surface area contributed by atoms with E-state index in [2.05, 4.69) is 4.98 Å². The van der Waals surface area contributed by atoms with E-state index >= 15 is 0 Å². The quantitative estimate of drug-likeness (QED) is 0.489. The number of nitrogens with zero attached hydrogens (tertiary/aromatic N) is 2. The van der Waals surface area contributed by atoms with Crippen LogP contribution < -0.4 is 26.6 Å². The molecule has 0 aliphatic carbocycles. The van der Waals surface area contributed by atoms with Gasteiger partial charge in [0.2, 0.25) is 0 Å². The molecule has 0 spiro atoms. The summed E-state index contributed by atoms with van der Waals surface area (Å²) in [6.45, 7) is 2.44. The zero-order valence-electron chi connectivity index (χ0n) is 18.8. The zero-order chi connectivity index (χ0) is 23.8. The molecule has 3 aromatic rings. The average molecular weight is 449 g/mol. The van der Waals surface area contributed by atoms with Gasteiger partial charge in [-0.15, -0.1) is 0 Å². The Morgan fingerprint density at radius 3 is 2.61 bits per heavy atom. The standard InChI is InChI=1S/C25H28N4O4/c1-3-4-15-28(21(30)14-13-18-11-8-12-20(16-18)33-2)22-23(26)29(25(32)27-24(22)31)17-19-9-6-5-7-10-19/h5-14,16H,3-4,15,17,26H2,1-2H3,(H,27,31,32). The predicted octanol–water partition coefficient (Wildman–Crippen LogP) is 3.02. The molecule has 0 aliphatic heterocycles. The van der Waals surface area contributed by atoms with E-state index in [1.807, 2.05) is 55.5 Å². The van der Waals surface area contributed by atoms with Crippen LogP contribution in [0.15, 0.2) is 70.3 Å². The fraction of sp³-hybridized carbons (Fsp3) is 0.240. The SMILES string of the molecule is CCCCN(C(=O)C=Cc1cccc(OC)c1)c1c(N)n(Cc2ccccc2)c(=O)[nH]c1=O. The van der Waals surface area contributed by atoms with Crippen molar-refractivity contribution in [3.63, 3.8) is 0 Å². The van der Waals surface area contributed by atoms with Gasteiger partial charge in [0, 0.05) is 12.6 Å². The molecule has 0 unspecified atom stereocenters. The van der Waals surface area contributed by atoms with E-state index in [4.69, 9.17) is 10.5 Å². The normalized spacial score (nSPS) is 11.0. The van der Waals surface area contributed by atoms with Gasteiger partial charge in [-0.2, -0.15) is 0 Å². The first-order chi connectivity index (χ1) is 15.9. The number of methoxy groups -OCH3 is 1. The number of nitrogens with two attached hydrogens (primary N) is 1. The van der Waals surface area contributed by atoms with Gasteiger partial charge in [0.25, 0.3) is 11.5 Å². The molecule has 0 saturated carbocycles. The highest BCUT2D eigenvalue weighted by Gasteiger charge is 2.22. The Bertz CT molecular complexity index is 1250. The molecule has 0 fully saturated rings. The molecule has 8 heteroatoms. The first-order valence-corrected chi connectivity index (χ1v) is 10.7. The summed E-state index contributed by atoms with van der Waals surface area (Å²) < 4.78 is 6.48. The second-order valence-corrected chi connectivity index (χ2v) is 7.52. The fourth-order valence-electron chi connectivity index (χ4n) is 3.41. The summed E-state index contributed by atoms with van der Waals surface area (Å²) in [7, 11) is 1.57. The second kappa shape index (κ2) is 11.0. The first kappa shape index (κ1) is 23.6. The number of nitrogen functional groups attached to an aromatic ring is 1. The topological polar surface area (TPSA) is 110 Å². The Morgan fingerprint density at radius 1 is 1.15 bits per heavy atom. The molecule has 0 saturated heterocycles. The lowest BCUT2D eigenvalue weighted by atomic mass is 10.2. The molecule has 0 atom stereocenters. The number of anilines is 2. The summed E-state index contributed by atoms with van der Waals surface area (Å²) in [5.41, 5.74) is 6.56. The zero-order valence-corrected chi connectivity index (χ0v) is 18.8. The summed E-state index contributed by atoms with van der Waals surface area (Å²) in [5.74, 6) is 0.210. The minimum absolute atomic E-state index is 0.0285. The minimum atomic E-state index is -0.693. The van der Waals surface area contributed by atoms with Crippen molar-refractivity contribution in [2.75, 3.05) is 24.3 Å². The van der Waals surface area contributed by atoms with Gasteiger partial charge in [0.05, 0.1) is 13.7 Å². The number of nitrogens with one attached hydrogen (secondary N) is 1. The molecular formula is C25H28N4O4. The van der Waals surface area contributed by atoms with Crippen molar-refractivity contribution in [3.8, 4) is 5.75 Å². The lowest BCUT2D eigenvalue weighted by Gasteiger charge is -2.23. The number of unbranched alkanes of at least 4 members (excludes halogenated alkanes) is 1. The first-order valence-electron chi connectivity index (χ1n) is 10.7. The van der Waals surface area contributed by atoms with Crippen LogP contribution in [-0.4, -0.2) is 29.1 Å². The van der Waals surface area contributed by atoms with Gasteiger partial charge in [-0.1, -0.05) is 55.8 Å². The van der Waals surface area contributed by atoms with Gasteiger partial charge in [-0.25, -0.2) is 4.79 Å². The van der Waals surface area contributed by atoms with Gasteiger partial charge in [0.1, 0.15) is 11.6 Å². The van der Waals surface area contributed by atoms with Crippen LogP contribution in [0.4, 0.5) is 11.5 Å². The van der Waals surface area contributed by atoms with Gasteiger partial charge >= 0.3 is 5.69 Å². The molecule has 0 bridgehead atoms. The van der Waals surface area contributed by atoms with E-state index in [9.17, 15) is 14.4 Å². The summed E-state index contributed by atoms with van der Waals surface area (Å²) >= 11 is 0. The lowest BCUT2D eigenvalue weighted by molar-refractivity contribution is -0.114. The van der Waals surface area contributed by atoms with Gasteiger partial charge in [0.15, 0.2) is 5.69 Å². The van der Waals surface area contributed by atoms with Crippen LogP contribution in [0.2, 0.25) is 0 Å². The molecule has 0 aliphatic rings. The van der Waals surface area contributed by atoms with Crippen LogP contribution in [-0.2, 0) is 11.3 Å². The van der Waals surface area contributed by atoms with Gasteiger partial charge < -0.3 is 15.4 Å². The number of carbonyl (C=O) groups excluding carboxylic acids is 1. The molecule has 1 aromatic heterocycles. The van der Waals surface area contributed by atoms with Crippen molar-refractivity contribution < 1.29 is 9.53 Å². The number of aromatic amines is 1. The van der Waals surface area contributed by atoms with Crippen LogP contribution in [0.5, 0.6) is 5.75 Å². The summed E-state index contributed by atoms with van der Waals surface area (Å²) in [6.07, 6.45) is 4.50. The number of amides is 1. The van der Waals surface area contributed by atoms with Gasteiger partial charge in [-0.3, -0.25) is 19.1 Å². The highest BCUT2D eigenvalue weighted by atomic mass is 16.5. The second-order valence-electron chi connectivity index (χ2n) is 7.52. The Balaban J connectivity index is 1.99. The molecule has 2 aromatic carbocycles. The van der Waals surface area contributed by atoms with Gasteiger partial charge in [-0.05, 0) is 35.8 Å². The third-order valence-corrected chi connectivity index (χ3v) is 5.18. The third-order valence-electron chi connectivity index (χ3n) is 5.18. The third kappa shape index (κ3) is 5.79. The number of aromatic nitrogens is 2. The van der Waals surface area contributed by atoms with E-state index in [1.165, 1.54) is 15.5 Å². The van der Waals surface area contributed by atoms with Crippen molar-refractivity contribution in [1.82, 2.24) is 9.55 Å². The fourth-order valence-corrected chi connectivity index (χ4v) is 3.41. The Hall–Kier alpha value is -4.07. The minimum Gasteiger partial charge on any atom is -0.497 e. The summed E-state index contributed by atoms with van der Waals surface area (Å²) in [6, 6.07) is 16.5. The van der Waals surface area contributed by atoms with Crippen LogP contribution in [0.25, 0.3) is 6.08 Å².